The van der Waals surface area contributed by atoms with Crippen LogP contribution >= 0.6 is 0 Å². The molecule has 4 atom stereocenters. The number of carbonyl (C=O) groups is 1. The van der Waals surface area contributed by atoms with E-state index >= 15 is 0 Å². The normalized spacial score (nSPS) is 22.6. The highest BCUT2D eigenvalue weighted by atomic mass is 32.2. The van der Waals surface area contributed by atoms with Crippen molar-refractivity contribution in [3.05, 3.63) is 65.7 Å². The van der Waals surface area contributed by atoms with E-state index in [1.54, 1.807) is 12.1 Å². The Bertz CT molecular complexity index is 1160. The highest BCUT2D eigenvalue weighted by Crippen LogP contribution is 2.31. The SMILES string of the molecule is CC(C)CN(CC(O)C(Cc1ccccc1)NC(=O)OC1CC2OCOC2C1)S(=O)(=O)c1ccc(CO)cc1. The fourth-order valence-electron chi connectivity index (χ4n) is 5.00. The number of carbonyl (C=O) groups excluding carboxylic acids is 1. The average Bonchev–Trinajstić information content (AvgIpc) is 3.50. The number of hydrogen-bond acceptors (Lipinski definition) is 8. The van der Waals surface area contributed by atoms with Gasteiger partial charge in [0.1, 0.15) is 12.9 Å². The van der Waals surface area contributed by atoms with Gasteiger partial charge in [0.2, 0.25) is 10.0 Å². The van der Waals surface area contributed by atoms with E-state index in [4.69, 9.17) is 14.2 Å². The summed E-state index contributed by atoms with van der Waals surface area (Å²) in [5, 5.41) is 23.4. The second-order valence-electron chi connectivity index (χ2n) is 10.6. The second-order valence-corrected chi connectivity index (χ2v) is 12.5. The molecule has 1 saturated carbocycles. The summed E-state index contributed by atoms with van der Waals surface area (Å²) in [4.78, 5) is 13.0. The van der Waals surface area contributed by atoms with Gasteiger partial charge in [0.05, 0.1) is 35.9 Å². The number of alkyl carbamates (subject to hydrolysis) is 1. The number of rotatable bonds is 12. The molecule has 1 saturated heterocycles. The predicted octanol–water partition coefficient (Wildman–Crippen LogP) is 2.43. The van der Waals surface area contributed by atoms with Crippen LogP contribution < -0.4 is 5.32 Å². The fraction of sp³-hybridized carbons (Fsp3) is 0.536. The molecule has 214 valence electrons. The predicted molar refractivity (Wildman–Crippen MR) is 143 cm³/mol. The number of fused-ring (bicyclic) bond motifs is 1. The van der Waals surface area contributed by atoms with Crippen molar-refractivity contribution >= 4 is 16.1 Å². The van der Waals surface area contributed by atoms with E-state index in [0.717, 1.165) is 5.56 Å². The van der Waals surface area contributed by atoms with E-state index in [1.807, 2.05) is 44.2 Å². The molecule has 2 fully saturated rings. The number of aliphatic hydroxyl groups excluding tert-OH is 2. The maximum atomic E-state index is 13.5. The Kier molecular flexibility index (Phi) is 9.97. The molecule has 2 aromatic rings. The van der Waals surface area contributed by atoms with Gasteiger partial charge in [0.15, 0.2) is 0 Å². The largest absolute Gasteiger partial charge is 0.446 e. The summed E-state index contributed by atoms with van der Waals surface area (Å²) in [5.74, 6) is -0.0135. The summed E-state index contributed by atoms with van der Waals surface area (Å²) in [5.41, 5.74) is 1.47. The summed E-state index contributed by atoms with van der Waals surface area (Å²) >= 11 is 0. The van der Waals surface area contributed by atoms with Gasteiger partial charge < -0.3 is 29.7 Å². The third kappa shape index (κ3) is 7.77. The van der Waals surface area contributed by atoms with Crippen LogP contribution in [0.15, 0.2) is 59.5 Å². The molecule has 0 aromatic heterocycles. The van der Waals surface area contributed by atoms with Crippen molar-refractivity contribution in [2.75, 3.05) is 19.9 Å². The molecular weight excluding hydrogens is 524 g/mol. The molecule has 4 rings (SSSR count). The first-order valence-corrected chi connectivity index (χ1v) is 14.7. The zero-order valence-corrected chi connectivity index (χ0v) is 23.1. The number of nitrogens with zero attached hydrogens (tertiary/aromatic N) is 1. The molecule has 1 heterocycles. The Labute approximate surface area is 229 Å². The zero-order valence-electron chi connectivity index (χ0n) is 22.3. The van der Waals surface area contributed by atoms with Crippen LogP contribution in [0.3, 0.4) is 0 Å². The lowest BCUT2D eigenvalue weighted by atomic mass is 10.0. The van der Waals surface area contributed by atoms with Crippen LogP contribution in [0.2, 0.25) is 0 Å². The Morgan fingerprint density at radius 3 is 2.26 bits per heavy atom. The van der Waals surface area contributed by atoms with Crippen molar-refractivity contribution < 1.29 is 37.6 Å². The molecule has 1 aliphatic heterocycles. The number of amides is 1. The fourth-order valence-corrected chi connectivity index (χ4v) is 6.62. The molecule has 1 amide bonds. The molecular formula is C28H38N2O8S. The van der Waals surface area contributed by atoms with Gasteiger partial charge in [-0.25, -0.2) is 13.2 Å². The van der Waals surface area contributed by atoms with Gasteiger partial charge in [0.25, 0.3) is 0 Å². The molecule has 2 aromatic carbocycles. The summed E-state index contributed by atoms with van der Waals surface area (Å²) in [6.07, 6.45) is -1.09. The topological polar surface area (TPSA) is 135 Å². The van der Waals surface area contributed by atoms with E-state index in [2.05, 4.69) is 5.32 Å². The van der Waals surface area contributed by atoms with Crippen LogP contribution in [0.4, 0.5) is 4.79 Å². The Morgan fingerprint density at radius 2 is 1.67 bits per heavy atom. The molecule has 1 aliphatic carbocycles. The maximum Gasteiger partial charge on any atom is 0.407 e. The van der Waals surface area contributed by atoms with Gasteiger partial charge in [-0.1, -0.05) is 56.3 Å². The van der Waals surface area contributed by atoms with Gasteiger partial charge in [-0.2, -0.15) is 4.31 Å². The van der Waals surface area contributed by atoms with Gasteiger partial charge in [-0.15, -0.1) is 0 Å². The lowest BCUT2D eigenvalue weighted by Crippen LogP contribution is -2.51. The third-order valence-corrected chi connectivity index (χ3v) is 8.86. The molecule has 39 heavy (non-hydrogen) atoms. The molecule has 10 nitrogen and oxygen atoms in total. The molecule has 4 unspecified atom stereocenters. The highest BCUT2D eigenvalue weighted by Gasteiger charge is 2.42. The highest BCUT2D eigenvalue weighted by molar-refractivity contribution is 7.89. The lowest BCUT2D eigenvalue weighted by Gasteiger charge is -2.31. The number of hydrogen-bond donors (Lipinski definition) is 3. The Balaban J connectivity index is 1.49. The van der Waals surface area contributed by atoms with Crippen molar-refractivity contribution in [3.8, 4) is 0 Å². The van der Waals surface area contributed by atoms with Crippen molar-refractivity contribution in [2.24, 2.45) is 5.92 Å². The minimum absolute atomic E-state index is 0.0135. The minimum Gasteiger partial charge on any atom is -0.446 e. The van der Waals surface area contributed by atoms with E-state index in [1.165, 1.54) is 16.4 Å². The minimum atomic E-state index is -3.96. The van der Waals surface area contributed by atoms with Crippen molar-refractivity contribution in [3.63, 3.8) is 0 Å². The standard InChI is InChI=1S/C28H38N2O8S/c1-19(2)15-30(39(34,35)23-10-8-21(17-31)9-11-23)16-25(32)24(12-20-6-4-3-5-7-20)29-28(33)38-22-13-26-27(14-22)37-18-36-26/h3-11,19,22,24-27,31-32H,12-18H2,1-2H3,(H,29,33). The number of ether oxygens (including phenoxy) is 3. The Morgan fingerprint density at radius 1 is 1.03 bits per heavy atom. The molecule has 2 aliphatic rings. The average molecular weight is 563 g/mol. The van der Waals surface area contributed by atoms with Gasteiger partial charge in [-0.05, 0) is 35.6 Å². The maximum absolute atomic E-state index is 13.5. The molecule has 11 heteroatoms. The molecule has 0 radical (unpaired) electrons. The van der Waals surface area contributed by atoms with Crippen molar-refractivity contribution in [1.82, 2.24) is 9.62 Å². The number of sulfonamides is 1. The van der Waals surface area contributed by atoms with Crippen LogP contribution in [0.5, 0.6) is 0 Å². The summed E-state index contributed by atoms with van der Waals surface area (Å²) < 4.78 is 45.0. The molecule has 0 spiro atoms. The van der Waals surface area contributed by atoms with Crippen LogP contribution in [0.1, 0.15) is 37.8 Å². The number of benzene rings is 2. The first-order chi connectivity index (χ1) is 18.7. The van der Waals surface area contributed by atoms with E-state index in [9.17, 15) is 23.4 Å². The zero-order chi connectivity index (χ0) is 28.0. The molecule has 0 bridgehead atoms. The summed E-state index contributed by atoms with van der Waals surface area (Å²) in [6.45, 7) is 3.79. The lowest BCUT2D eigenvalue weighted by molar-refractivity contribution is 0.00201. The van der Waals surface area contributed by atoms with Gasteiger partial charge >= 0.3 is 6.09 Å². The van der Waals surface area contributed by atoms with E-state index in [0.29, 0.717) is 18.4 Å². The first-order valence-electron chi connectivity index (χ1n) is 13.3. The van der Waals surface area contributed by atoms with Gasteiger partial charge in [-0.3, -0.25) is 0 Å². The monoisotopic (exact) mass is 562 g/mol. The number of aliphatic hydroxyl groups is 2. The van der Waals surface area contributed by atoms with Crippen LogP contribution in [-0.4, -0.2) is 79.4 Å². The smallest absolute Gasteiger partial charge is 0.407 e. The quantitative estimate of drug-likeness (QED) is 0.359. The summed E-state index contributed by atoms with van der Waals surface area (Å²) in [6, 6.07) is 14.5. The first kappa shape index (κ1) is 29.4. The number of nitrogens with one attached hydrogen (secondary N) is 1. The van der Waals surface area contributed by atoms with Crippen LogP contribution in [0.25, 0.3) is 0 Å². The molecule has 3 N–H and O–H groups in total. The van der Waals surface area contributed by atoms with Gasteiger partial charge in [0, 0.05) is 25.9 Å². The van der Waals surface area contributed by atoms with Crippen molar-refractivity contribution in [2.45, 2.75) is 75.1 Å². The summed E-state index contributed by atoms with van der Waals surface area (Å²) in [7, 11) is -3.96. The third-order valence-electron chi connectivity index (χ3n) is 7.01. The van der Waals surface area contributed by atoms with Crippen LogP contribution in [0, 0.1) is 5.92 Å². The second kappa shape index (κ2) is 13.2. The van der Waals surface area contributed by atoms with Crippen LogP contribution in [-0.2, 0) is 37.3 Å². The van der Waals surface area contributed by atoms with E-state index < -0.39 is 28.3 Å². The van der Waals surface area contributed by atoms with Crippen molar-refractivity contribution in [1.29, 1.82) is 0 Å². The van der Waals surface area contributed by atoms with E-state index in [-0.39, 0.29) is 62.0 Å². The Hall–Kier alpha value is -2.54.